The van der Waals surface area contributed by atoms with E-state index < -0.39 is 0 Å². The fraction of sp³-hybridized carbons (Fsp3) is 0.450. The van der Waals surface area contributed by atoms with Crippen molar-refractivity contribution >= 4 is 16.8 Å². The van der Waals surface area contributed by atoms with E-state index in [1.54, 1.807) is 0 Å². The topological polar surface area (TPSA) is 34.0 Å². The van der Waals surface area contributed by atoms with E-state index in [2.05, 4.69) is 34.7 Å². The molecule has 2 heterocycles. The number of allylic oxidation sites excluding steroid dienone is 1. The van der Waals surface area contributed by atoms with Crippen LogP contribution in [0.25, 0.3) is 10.9 Å². The van der Waals surface area contributed by atoms with Gasteiger partial charge in [0.15, 0.2) is 0 Å². The maximum Gasteiger partial charge on any atom is 0.253 e. The van der Waals surface area contributed by atoms with Crippen molar-refractivity contribution in [2.75, 3.05) is 6.54 Å². The molecule has 0 radical (unpaired) electrons. The highest BCUT2D eigenvalue weighted by molar-refractivity contribution is 6.07. The minimum absolute atomic E-state index is 0.0684. The van der Waals surface area contributed by atoms with E-state index in [1.807, 2.05) is 12.3 Å². The molecule has 0 saturated heterocycles. The lowest BCUT2D eigenvalue weighted by molar-refractivity contribution is 0.0954. The molecule has 0 fully saturated rings. The van der Waals surface area contributed by atoms with Gasteiger partial charge in [-0.05, 0) is 37.7 Å². The van der Waals surface area contributed by atoms with Crippen LogP contribution in [0.1, 0.15) is 54.4 Å². The normalized spacial score (nSPS) is 13.2. The number of hydrogen-bond acceptors (Lipinski definition) is 1. The molecule has 2 aromatic rings. The molecule has 1 amide bonds. The summed E-state index contributed by atoms with van der Waals surface area (Å²) in [5.74, 6) is 0.0684. The third kappa shape index (κ3) is 3.49. The Morgan fingerprint density at radius 3 is 3.00 bits per heavy atom. The third-order valence-corrected chi connectivity index (χ3v) is 4.69. The van der Waals surface area contributed by atoms with Gasteiger partial charge in [0, 0.05) is 24.7 Å². The fourth-order valence-corrected chi connectivity index (χ4v) is 3.50. The molecule has 1 aliphatic heterocycles. The van der Waals surface area contributed by atoms with E-state index in [9.17, 15) is 4.79 Å². The maximum absolute atomic E-state index is 12.5. The molecular formula is C20H26N2O. The van der Waals surface area contributed by atoms with Crippen LogP contribution in [0.2, 0.25) is 0 Å². The molecule has 1 aromatic heterocycles. The van der Waals surface area contributed by atoms with E-state index in [0.29, 0.717) is 0 Å². The van der Waals surface area contributed by atoms with Crippen molar-refractivity contribution in [3.8, 4) is 0 Å². The zero-order valence-electron chi connectivity index (χ0n) is 13.8. The summed E-state index contributed by atoms with van der Waals surface area (Å²) in [6, 6.07) is 6.33. The molecule has 3 nitrogen and oxygen atoms in total. The first-order valence-corrected chi connectivity index (χ1v) is 8.81. The zero-order chi connectivity index (χ0) is 16.1. The zero-order valence-corrected chi connectivity index (χ0v) is 13.8. The molecule has 3 rings (SSSR count). The average Bonchev–Trinajstić information content (AvgIpc) is 2.95. The molecule has 0 spiro atoms. The Morgan fingerprint density at radius 1 is 1.26 bits per heavy atom. The van der Waals surface area contributed by atoms with Gasteiger partial charge in [0.05, 0.1) is 11.1 Å². The number of rotatable bonds is 8. The number of amides is 1. The third-order valence-electron chi connectivity index (χ3n) is 4.69. The summed E-state index contributed by atoms with van der Waals surface area (Å²) in [4.78, 5) is 12.5. The molecule has 1 N–H and O–H groups in total. The van der Waals surface area contributed by atoms with Gasteiger partial charge in [0.1, 0.15) is 0 Å². The first kappa shape index (κ1) is 15.9. The van der Waals surface area contributed by atoms with Crippen molar-refractivity contribution in [3.63, 3.8) is 0 Å². The Morgan fingerprint density at radius 2 is 2.13 bits per heavy atom. The monoisotopic (exact) mass is 310 g/mol. The van der Waals surface area contributed by atoms with Crippen LogP contribution >= 0.6 is 0 Å². The van der Waals surface area contributed by atoms with Crippen LogP contribution in [0.5, 0.6) is 0 Å². The number of carbonyl (C=O) groups is 1. The summed E-state index contributed by atoms with van der Waals surface area (Å²) >= 11 is 0. The molecule has 0 bridgehead atoms. The highest BCUT2D eigenvalue weighted by Gasteiger charge is 2.19. The largest absolute Gasteiger partial charge is 0.352 e. The van der Waals surface area contributed by atoms with Crippen LogP contribution in [0.15, 0.2) is 37.1 Å². The van der Waals surface area contributed by atoms with E-state index >= 15 is 0 Å². The number of carbonyl (C=O) groups excluding carboxylic acids is 1. The number of aromatic nitrogens is 1. The summed E-state index contributed by atoms with van der Waals surface area (Å²) in [7, 11) is 0. The number of unbranched alkanes of at least 4 members (excludes halogenated alkanes) is 4. The fourth-order valence-electron chi connectivity index (χ4n) is 3.50. The highest BCUT2D eigenvalue weighted by Crippen LogP contribution is 2.29. The minimum Gasteiger partial charge on any atom is -0.352 e. The van der Waals surface area contributed by atoms with Gasteiger partial charge in [0.2, 0.25) is 0 Å². The number of nitrogens with zero attached hydrogens (tertiary/aromatic N) is 1. The highest BCUT2D eigenvalue weighted by atomic mass is 16.1. The van der Waals surface area contributed by atoms with E-state index in [1.165, 1.54) is 30.3 Å². The lowest BCUT2D eigenvalue weighted by Gasteiger charge is -2.14. The lowest BCUT2D eigenvalue weighted by Crippen LogP contribution is -2.24. The van der Waals surface area contributed by atoms with E-state index in [-0.39, 0.29) is 5.91 Å². The molecule has 0 saturated carbocycles. The summed E-state index contributed by atoms with van der Waals surface area (Å²) in [5.41, 5.74) is 3.46. The SMILES string of the molecule is C=CCCCCCCNC(=O)c1cn2c3c(cccc13)CCC2. The summed E-state index contributed by atoms with van der Waals surface area (Å²) in [6.45, 7) is 5.52. The van der Waals surface area contributed by atoms with Crippen LogP contribution in [0, 0.1) is 0 Å². The predicted molar refractivity (Wildman–Crippen MR) is 95.9 cm³/mol. The number of aryl methyl sites for hydroxylation is 2. The molecule has 23 heavy (non-hydrogen) atoms. The van der Waals surface area contributed by atoms with Crippen molar-refractivity contribution in [2.45, 2.75) is 51.5 Å². The number of hydrogen-bond donors (Lipinski definition) is 1. The van der Waals surface area contributed by atoms with Crippen LogP contribution in [-0.4, -0.2) is 17.0 Å². The van der Waals surface area contributed by atoms with E-state index in [4.69, 9.17) is 0 Å². The number of benzene rings is 1. The molecule has 0 atom stereocenters. The van der Waals surface area contributed by atoms with Crippen molar-refractivity contribution in [2.24, 2.45) is 0 Å². The van der Waals surface area contributed by atoms with Gasteiger partial charge in [-0.3, -0.25) is 4.79 Å². The predicted octanol–water partition coefficient (Wildman–Crippen LogP) is 4.45. The van der Waals surface area contributed by atoms with Gasteiger partial charge in [-0.25, -0.2) is 0 Å². The average molecular weight is 310 g/mol. The molecule has 3 heteroatoms. The Labute approximate surface area is 138 Å². The van der Waals surface area contributed by atoms with Gasteiger partial charge >= 0.3 is 0 Å². The molecule has 122 valence electrons. The first-order valence-electron chi connectivity index (χ1n) is 8.81. The molecule has 1 aromatic carbocycles. The Kier molecular flexibility index (Phi) is 5.16. The molecule has 0 aliphatic carbocycles. The van der Waals surface area contributed by atoms with Gasteiger partial charge in [0.25, 0.3) is 5.91 Å². The lowest BCUT2D eigenvalue weighted by atomic mass is 10.0. The number of nitrogens with one attached hydrogen (secondary N) is 1. The molecular weight excluding hydrogens is 284 g/mol. The van der Waals surface area contributed by atoms with Gasteiger partial charge in [-0.2, -0.15) is 0 Å². The minimum atomic E-state index is 0.0684. The second kappa shape index (κ2) is 7.49. The van der Waals surface area contributed by atoms with Crippen molar-refractivity contribution < 1.29 is 4.79 Å². The number of para-hydroxylation sites is 1. The second-order valence-corrected chi connectivity index (χ2v) is 6.40. The molecule has 1 aliphatic rings. The second-order valence-electron chi connectivity index (χ2n) is 6.40. The summed E-state index contributed by atoms with van der Waals surface area (Å²) in [6.07, 6.45) is 12.0. The summed E-state index contributed by atoms with van der Waals surface area (Å²) < 4.78 is 2.25. The van der Waals surface area contributed by atoms with Crippen LogP contribution in [0.3, 0.4) is 0 Å². The summed E-state index contributed by atoms with van der Waals surface area (Å²) in [5, 5.41) is 4.19. The van der Waals surface area contributed by atoms with Gasteiger partial charge < -0.3 is 9.88 Å². The van der Waals surface area contributed by atoms with Crippen molar-refractivity contribution in [3.05, 3.63) is 48.2 Å². The van der Waals surface area contributed by atoms with Crippen LogP contribution < -0.4 is 5.32 Å². The standard InChI is InChI=1S/C20H26N2O/c1-2-3-4-5-6-7-13-21-20(23)18-15-22-14-9-11-16-10-8-12-17(18)19(16)22/h2,8,10,12,15H,1,3-7,9,11,13-14H2,(H,21,23). The van der Waals surface area contributed by atoms with Gasteiger partial charge in [-0.1, -0.05) is 37.1 Å². The first-order chi connectivity index (χ1) is 11.3. The van der Waals surface area contributed by atoms with Crippen molar-refractivity contribution in [1.29, 1.82) is 0 Å². The van der Waals surface area contributed by atoms with Gasteiger partial charge in [-0.15, -0.1) is 6.58 Å². The Balaban J connectivity index is 1.59. The smallest absolute Gasteiger partial charge is 0.253 e. The molecule has 0 unspecified atom stereocenters. The van der Waals surface area contributed by atoms with Crippen LogP contribution in [-0.2, 0) is 13.0 Å². The quantitative estimate of drug-likeness (QED) is 0.567. The van der Waals surface area contributed by atoms with Crippen LogP contribution in [0.4, 0.5) is 0 Å². The maximum atomic E-state index is 12.5. The Hall–Kier alpha value is -2.03. The Bertz CT molecular complexity index is 699. The van der Waals surface area contributed by atoms with Crippen molar-refractivity contribution in [1.82, 2.24) is 9.88 Å². The van der Waals surface area contributed by atoms with E-state index in [0.717, 1.165) is 49.7 Å².